The monoisotopic (exact) mass is 402 g/mol. The van der Waals surface area contributed by atoms with Gasteiger partial charge in [-0.15, -0.1) is 11.3 Å². The molecule has 0 saturated carbocycles. The van der Waals surface area contributed by atoms with Gasteiger partial charge in [0.05, 0.1) is 11.4 Å². The summed E-state index contributed by atoms with van der Waals surface area (Å²) in [5, 5.41) is 1.92. The largest absolute Gasteiger partial charge is 0.352 e. The normalized spacial score (nSPS) is 20.8. The van der Waals surface area contributed by atoms with E-state index >= 15 is 0 Å². The maximum Gasteiger partial charge on any atom is 0.263 e. The molecule has 8 heteroatoms. The molecule has 2 aliphatic rings. The van der Waals surface area contributed by atoms with Gasteiger partial charge in [-0.1, -0.05) is 6.07 Å². The van der Waals surface area contributed by atoms with Gasteiger partial charge in [0.2, 0.25) is 0 Å². The van der Waals surface area contributed by atoms with Crippen LogP contribution in [0.3, 0.4) is 0 Å². The van der Waals surface area contributed by atoms with E-state index in [1.165, 1.54) is 11.3 Å². The number of nitrogens with zero attached hydrogens (tertiary/aromatic N) is 4. The van der Waals surface area contributed by atoms with Crippen LogP contribution in [0.15, 0.2) is 29.9 Å². The van der Waals surface area contributed by atoms with E-state index in [9.17, 15) is 9.59 Å². The molecular formula is C20H26N4O3S. The van der Waals surface area contributed by atoms with Crippen molar-refractivity contribution in [3.63, 3.8) is 0 Å². The summed E-state index contributed by atoms with van der Waals surface area (Å²) in [5.41, 5.74) is -0.610. The number of hydrogen-bond donors (Lipinski definition) is 0. The van der Waals surface area contributed by atoms with E-state index in [0.29, 0.717) is 45.6 Å². The van der Waals surface area contributed by atoms with Crippen LogP contribution in [-0.2, 0) is 21.7 Å². The standard InChI is InChI=1S/C20H26N4O3S/c1-3-22(4-2)17(25)15-14-24-12-9-21-19(24)20(27-15)7-10-23(11-8-20)18(26)16-6-5-13-28-16/h5-6,9,12-13,15H,3-4,7-8,10-11,14H2,1-2H3. The quantitative estimate of drug-likeness (QED) is 0.787. The van der Waals surface area contributed by atoms with E-state index in [4.69, 9.17) is 4.74 Å². The number of rotatable bonds is 4. The average molecular weight is 403 g/mol. The summed E-state index contributed by atoms with van der Waals surface area (Å²) in [5.74, 6) is 0.972. The van der Waals surface area contributed by atoms with Crippen LogP contribution >= 0.6 is 11.3 Å². The molecule has 1 fully saturated rings. The van der Waals surface area contributed by atoms with Crippen molar-refractivity contribution < 1.29 is 14.3 Å². The zero-order chi connectivity index (χ0) is 19.7. The van der Waals surface area contributed by atoms with Crippen LogP contribution in [0, 0.1) is 0 Å². The van der Waals surface area contributed by atoms with Crippen LogP contribution in [-0.4, -0.2) is 63.4 Å². The number of hydrogen-bond acceptors (Lipinski definition) is 5. The van der Waals surface area contributed by atoms with Crippen molar-refractivity contribution in [2.45, 2.75) is 44.9 Å². The van der Waals surface area contributed by atoms with E-state index in [2.05, 4.69) is 4.98 Å². The number of carbonyl (C=O) groups is 2. The lowest BCUT2D eigenvalue weighted by Gasteiger charge is -2.46. The Labute approximate surface area is 168 Å². The Balaban J connectivity index is 1.54. The van der Waals surface area contributed by atoms with Crippen LogP contribution in [0.4, 0.5) is 0 Å². The number of fused-ring (bicyclic) bond motifs is 2. The van der Waals surface area contributed by atoms with Gasteiger partial charge in [-0.25, -0.2) is 4.98 Å². The summed E-state index contributed by atoms with van der Waals surface area (Å²) < 4.78 is 8.50. The number of thiophene rings is 1. The van der Waals surface area contributed by atoms with Gasteiger partial charge in [0.1, 0.15) is 11.4 Å². The lowest BCUT2D eigenvalue weighted by molar-refractivity contribution is -0.179. The minimum absolute atomic E-state index is 0.0285. The Morgan fingerprint density at radius 1 is 1.32 bits per heavy atom. The number of ether oxygens (including phenoxy) is 1. The Morgan fingerprint density at radius 2 is 2.07 bits per heavy atom. The third-order valence-corrected chi connectivity index (χ3v) is 6.65. The van der Waals surface area contributed by atoms with Crippen LogP contribution in [0.5, 0.6) is 0 Å². The van der Waals surface area contributed by atoms with Gasteiger partial charge in [0.25, 0.3) is 11.8 Å². The number of likely N-dealkylation sites (tertiary alicyclic amines) is 1. The smallest absolute Gasteiger partial charge is 0.263 e. The van der Waals surface area contributed by atoms with E-state index in [-0.39, 0.29) is 11.8 Å². The fourth-order valence-corrected chi connectivity index (χ4v) is 4.92. The maximum atomic E-state index is 13.0. The number of amides is 2. The first-order valence-electron chi connectivity index (χ1n) is 9.89. The second-order valence-electron chi connectivity index (χ2n) is 7.28. The first kappa shape index (κ1) is 19.1. The van der Waals surface area contributed by atoms with Gasteiger partial charge in [-0.2, -0.15) is 0 Å². The molecule has 28 heavy (non-hydrogen) atoms. The Hall–Kier alpha value is -2.19. The molecule has 1 saturated heterocycles. The van der Waals surface area contributed by atoms with Gasteiger partial charge in [-0.3, -0.25) is 9.59 Å². The van der Waals surface area contributed by atoms with Gasteiger partial charge in [-0.05, 0) is 25.3 Å². The van der Waals surface area contributed by atoms with Gasteiger partial charge in [0.15, 0.2) is 6.10 Å². The maximum absolute atomic E-state index is 13.0. The molecule has 0 aliphatic carbocycles. The second-order valence-corrected chi connectivity index (χ2v) is 8.23. The van der Waals surface area contributed by atoms with Crippen LogP contribution in [0.2, 0.25) is 0 Å². The molecule has 2 aromatic rings. The Bertz CT molecular complexity index is 836. The molecule has 4 heterocycles. The predicted octanol–water partition coefficient (Wildman–Crippen LogP) is 2.34. The van der Waals surface area contributed by atoms with Crippen LogP contribution in [0.25, 0.3) is 0 Å². The average Bonchev–Trinajstić information content (AvgIpc) is 3.41. The number of piperidine rings is 1. The highest BCUT2D eigenvalue weighted by molar-refractivity contribution is 7.12. The van der Waals surface area contributed by atoms with E-state index < -0.39 is 11.7 Å². The van der Waals surface area contributed by atoms with Crippen LogP contribution < -0.4 is 0 Å². The molecular weight excluding hydrogens is 376 g/mol. The molecule has 0 radical (unpaired) electrons. The highest BCUT2D eigenvalue weighted by Crippen LogP contribution is 2.40. The molecule has 7 nitrogen and oxygen atoms in total. The van der Waals surface area contributed by atoms with Crippen molar-refractivity contribution in [1.82, 2.24) is 19.4 Å². The van der Waals surface area contributed by atoms with Crippen molar-refractivity contribution in [2.75, 3.05) is 26.2 Å². The lowest BCUT2D eigenvalue weighted by atomic mass is 9.88. The topological polar surface area (TPSA) is 67.7 Å². The van der Waals surface area contributed by atoms with Gasteiger partial charge >= 0.3 is 0 Å². The summed E-state index contributed by atoms with van der Waals surface area (Å²) >= 11 is 1.47. The summed E-state index contributed by atoms with van der Waals surface area (Å²) in [7, 11) is 0. The number of aromatic nitrogens is 2. The highest BCUT2D eigenvalue weighted by Gasteiger charge is 2.48. The van der Waals surface area contributed by atoms with Gasteiger partial charge in [0, 0.05) is 51.4 Å². The molecule has 0 aromatic carbocycles. The fraction of sp³-hybridized carbons (Fsp3) is 0.550. The van der Waals surface area contributed by atoms with E-state index in [1.54, 1.807) is 6.20 Å². The Morgan fingerprint density at radius 3 is 2.71 bits per heavy atom. The molecule has 0 bridgehead atoms. The summed E-state index contributed by atoms with van der Waals surface area (Å²) in [6.07, 6.45) is 4.46. The minimum Gasteiger partial charge on any atom is -0.352 e. The van der Waals surface area contributed by atoms with Crippen molar-refractivity contribution in [3.05, 3.63) is 40.6 Å². The summed E-state index contributed by atoms with van der Waals surface area (Å²) in [4.78, 5) is 34.6. The molecule has 1 unspecified atom stereocenters. The van der Waals surface area contributed by atoms with E-state index in [1.807, 2.05) is 51.9 Å². The summed E-state index contributed by atoms with van der Waals surface area (Å²) in [6.45, 7) is 6.98. The second kappa shape index (κ2) is 7.67. The SMILES string of the molecule is CCN(CC)C(=O)C1Cn2ccnc2C2(CCN(C(=O)c3cccs3)CC2)O1. The van der Waals surface area contributed by atoms with Crippen molar-refractivity contribution in [2.24, 2.45) is 0 Å². The fourth-order valence-electron chi connectivity index (χ4n) is 4.23. The van der Waals surface area contributed by atoms with Crippen molar-refractivity contribution >= 4 is 23.2 Å². The molecule has 2 aromatic heterocycles. The molecule has 1 spiro atoms. The zero-order valence-corrected chi connectivity index (χ0v) is 17.2. The summed E-state index contributed by atoms with van der Waals surface area (Å²) in [6, 6.07) is 3.76. The number of likely N-dealkylation sites (N-methyl/N-ethyl adjacent to an activating group) is 1. The Kier molecular flexibility index (Phi) is 5.25. The molecule has 2 aliphatic heterocycles. The number of imidazole rings is 1. The van der Waals surface area contributed by atoms with Crippen molar-refractivity contribution in [3.8, 4) is 0 Å². The molecule has 4 rings (SSSR count). The van der Waals surface area contributed by atoms with Crippen molar-refractivity contribution in [1.29, 1.82) is 0 Å². The predicted molar refractivity (Wildman–Crippen MR) is 106 cm³/mol. The third kappa shape index (κ3) is 3.24. The van der Waals surface area contributed by atoms with Gasteiger partial charge < -0.3 is 19.1 Å². The van der Waals surface area contributed by atoms with E-state index in [0.717, 1.165) is 10.7 Å². The molecule has 1 atom stereocenters. The first-order valence-corrected chi connectivity index (χ1v) is 10.8. The first-order chi connectivity index (χ1) is 13.6. The molecule has 2 amide bonds. The molecule has 0 N–H and O–H groups in total. The highest BCUT2D eigenvalue weighted by atomic mass is 32.1. The molecule has 150 valence electrons. The number of carbonyl (C=O) groups excluding carboxylic acids is 2. The van der Waals surface area contributed by atoms with Crippen LogP contribution in [0.1, 0.15) is 42.2 Å². The lowest BCUT2D eigenvalue weighted by Crippen LogP contribution is -2.55. The zero-order valence-electron chi connectivity index (χ0n) is 16.3. The third-order valence-electron chi connectivity index (χ3n) is 5.79. The minimum atomic E-state index is -0.610.